The highest BCUT2D eigenvalue weighted by Gasteiger charge is 2.22. The van der Waals surface area contributed by atoms with Crippen molar-refractivity contribution in [2.75, 3.05) is 7.05 Å². The molecule has 1 unspecified atom stereocenters. The standard InChI is InChI=1S/C13H21N/c1-11(14(5)13(2,3)4)12-9-7-6-8-10-12/h6-11H,1-5H3. The fraction of sp³-hybridized carbons (Fsp3) is 0.538. The number of nitrogens with zero attached hydrogens (tertiary/aromatic N) is 1. The lowest BCUT2D eigenvalue weighted by molar-refractivity contribution is 0.126. The maximum atomic E-state index is 2.39. The third kappa shape index (κ3) is 2.58. The molecule has 0 aliphatic heterocycles. The van der Waals surface area contributed by atoms with Crippen LogP contribution in [0, 0.1) is 0 Å². The molecule has 1 atom stereocenters. The first-order chi connectivity index (χ1) is 6.43. The summed E-state index contributed by atoms with van der Waals surface area (Å²) in [5.74, 6) is 0. The lowest BCUT2D eigenvalue weighted by Gasteiger charge is -2.37. The van der Waals surface area contributed by atoms with Crippen molar-refractivity contribution >= 4 is 0 Å². The monoisotopic (exact) mass is 191 g/mol. The molecule has 1 heteroatoms. The predicted octanol–water partition coefficient (Wildman–Crippen LogP) is 3.48. The second-order valence-corrected chi connectivity index (χ2v) is 4.87. The van der Waals surface area contributed by atoms with Crippen LogP contribution >= 0.6 is 0 Å². The van der Waals surface area contributed by atoms with Crippen LogP contribution in [-0.2, 0) is 0 Å². The van der Waals surface area contributed by atoms with Gasteiger partial charge < -0.3 is 0 Å². The lowest BCUT2D eigenvalue weighted by atomic mass is 10.0. The molecule has 1 aromatic carbocycles. The smallest absolute Gasteiger partial charge is 0.0322 e. The van der Waals surface area contributed by atoms with Gasteiger partial charge in [-0.25, -0.2) is 0 Å². The summed E-state index contributed by atoms with van der Waals surface area (Å²) in [7, 11) is 2.18. The normalized spacial score (nSPS) is 14.4. The Kier molecular flexibility index (Phi) is 3.33. The minimum absolute atomic E-state index is 0.218. The second kappa shape index (κ2) is 4.14. The van der Waals surface area contributed by atoms with Gasteiger partial charge in [0.2, 0.25) is 0 Å². The van der Waals surface area contributed by atoms with E-state index in [0.717, 1.165) is 0 Å². The second-order valence-electron chi connectivity index (χ2n) is 4.87. The van der Waals surface area contributed by atoms with Crippen molar-refractivity contribution in [1.82, 2.24) is 4.90 Å². The summed E-state index contributed by atoms with van der Waals surface area (Å²) in [6.07, 6.45) is 0. The van der Waals surface area contributed by atoms with Crippen molar-refractivity contribution in [3.05, 3.63) is 35.9 Å². The van der Waals surface area contributed by atoms with Crippen LogP contribution in [-0.4, -0.2) is 17.5 Å². The van der Waals surface area contributed by atoms with Crippen LogP contribution in [0.3, 0.4) is 0 Å². The Labute approximate surface area is 87.7 Å². The molecule has 0 heterocycles. The number of hydrogen-bond acceptors (Lipinski definition) is 1. The molecule has 0 N–H and O–H groups in total. The minimum atomic E-state index is 0.218. The van der Waals surface area contributed by atoms with Crippen molar-refractivity contribution in [1.29, 1.82) is 0 Å². The Morgan fingerprint density at radius 2 is 1.57 bits per heavy atom. The summed E-state index contributed by atoms with van der Waals surface area (Å²) in [5, 5.41) is 0. The molecule has 1 aromatic rings. The molecule has 0 bridgehead atoms. The Morgan fingerprint density at radius 3 is 2.00 bits per heavy atom. The quantitative estimate of drug-likeness (QED) is 0.691. The highest BCUT2D eigenvalue weighted by atomic mass is 15.2. The third-order valence-electron chi connectivity index (χ3n) is 2.92. The zero-order chi connectivity index (χ0) is 10.8. The van der Waals surface area contributed by atoms with Crippen LogP contribution in [0.5, 0.6) is 0 Å². The van der Waals surface area contributed by atoms with Gasteiger partial charge in [0, 0.05) is 11.6 Å². The van der Waals surface area contributed by atoms with Gasteiger partial charge in [-0.2, -0.15) is 0 Å². The predicted molar refractivity (Wildman–Crippen MR) is 62.4 cm³/mol. The molecule has 78 valence electrons. The molecule has 0 aliphatic carbocycles. The van der Waals surface area contributed by atoms with E-state index in [2.05, 4.69) is 70.0 Å². The molecule has 1 nitrogen and oxygen atoms in total. The maximum absolute atomic E-state index is 2.39. The van der Waals surface area contributed by atoms with E-state index < -0.39 is 0 Å². The Hall–Kier alpha value is -0.820. The lowest BCUT2D eigenvalue weighted by Crippen LogP contribution is -2.39. The summed E-state index contributed by atoms with van der Waals surface area (Å²) < 4.78 is 0. The molecule has 0 amide bonds. The van der Waals surface area contributed by atoms with Crippen LogP contribution in [0.25, 0.3) is 0 Å². The van der Waals surface area contributed by atoms with Crippen molar-refractivity contribution in [3.8, 4) is 0 Å². The Bertz CT molecular complexity index is 271. The zero-order valence-corrected chi connectivity index (χ0v) is 9.91. The maximum Gasteiger partial charge on any atom is 0.0322 e. The van der Waals surface area contributed by atoms with Crippen molar-refractivity contribution < 1.29 is 0 Å². The van der Waals surface area contributed by atoms with Crippen molar-refractivity contribution in [2.45, 2.75) is 39.3 Å². The summed E-state index contributed by atoms with van der Waals surface area (Å²) in [5.41, 5.74) is 1.60. The summed E-state index contributed by atoms with van der Waals surface area (Å²) in [6, 6.07) is 11.1. The average Bonchev–Trinajstić information content (AvgIpc) is 2.15. The fourth-order valence-electron chi connectivity index (χ4n) is 1.54. The molecule has 0 radical (unpaired) electrons. The van der Waals surface area contributed by atoms with Crippen LogP contribution < -0.4 is 0 Å². The first kappa shape index (κ1) is 11.3. The number of benzene rings is 1. The largest absolute Gasteiger partial charge is 0.295 e. The third-order valence-corrected chi connectivity index (χ3v) is 2.92. The van der Waals surface area contributed by atoms with Gasteiger partial charge >= 0.3 is 0 Å². The van der Waals surface area contributed by atoms with Gasteiger partial charge in [0.05, 0.1) is 0 Å². The van der Waals surface area contributed by atoms with Crippen molar-refractivity contribution in [2.24, 2.45) is 0 Å². The van der Waals surface area contributed by atoms with Crippen LogP contribution in [0.15, 0.2) is 30.3 Å². The SMILES string of the molecule is CC(c1ccccc1)N(C)C(C)(C)C. The summed E-state index contributed by atoms with van der Waals surface area (Å²) in [4.78, 5) is 2.39. The Balaban J connectivity index is 2.81. The van der Waals surface area contributed by atoms with Gasteiger partial charge in [-0.15, -0.1) is 0 Å². The molecule has 0 saturated heterocycles. The summed E-state index contributed by atoms with van der Waals surface area (Å²) >= 11 is 0. The van der Waals surface area contributed by atoms with Crippen LogP contribution in [0.2, 0.25) is 0 Å². The molecule has 0 aromatic heterocycles. The summed E-state index contributed by atoms with van der Waals surface area (Å²) in [6.45, 7) is 8.98. The number of hydrogen-bond donors (Lipinski definition) is 0. The molecule has 0 fully saturated rings. The zero-order valence-electron chi connectivity index (χ0n) is 9.91. The number of rotatable bonds is 2. The van der Waals surface area contributed by atoms with Gasteiger partial charge in [-0.3, -0.25) is 4.90 Å². The van der Waals surface area contributed by atoms with Gasteiger partial charge in [0.1, 0.15) is 0 Å². The fourth-order valence-corrected chi connectivity index (χ4v) is 1.54. The van der Waals surface area contributed by atoms with Crippen molar-refractivity contribution in [3.63, 3.8) is 0 Å². The average molecular weight is 191 g/mol. The topological polar surface area (TPSA) is 3.24 Å². The highest BCUT2D eigenvalue weighted by molar-refractivity contribution is 5.18. The Morgan fingerprint density at radius 1 is 1.07 bits per heavy atom. The molecular formula is C13H21N. The van der Waals surface area contributed by atoms with E-state index in [1.807, 2.05) is 0 Å². The van der Waals surface area contributed by atoms with E-state index >= 15 is 0 Å². The first-order valence-electron chi connectivity index (χ1n) is 5.21. The highest BCUT2D eigenvalue weighted by Crippen LogP contribution is 2.25. The van der Waals surface area contributed by atoms with E-state index in [1.165, 1.54) is 5.56 Å². The minimum Gasteiger partial charge on any atom is -0.295 e. The molecule has 0 spiro atoms. The van der Waals surface area contributed by atoms with E-state index in [9.17, 15) is 0 Å². The molecule has 14 heavy (non-hydrogen) atoms. The molecule has 0 aliphatic rings. The van der Waals surface area contributed by atoms with Gasteiger partial charge in [-0.1, -0.05) is 30.3 Å². The van der Waals surface area contributed by atoms with Gasteiger partial charge in [0.15, 0.2) is 0 Å². The van der Waals surface area contributed by atoms with Crippen LogP contribution in [0.1, 0.15) is 39.3 Å². The molecule has 0 saturated carbocycles. The van der Waals surface area contributed by atoms with E-state index in [-0.39, 0.29) is 5.54 Å². The van der Waals surface area contributed by atoms with Gasteiger partial charge in [0.25, 0.3) is 0 Å². The molecule has 1 rings (SSSR count). The van der Waals surface area contributed by atoms with Crippen LogP contribution in [0.4, 0.5) is 0 Å². The van der Waals surface area contributed by atoms with E-state index in [4.69, 9.17) is 0 Å². The van der Waals surface area contributed by atoms with E-state index in [0.29, 0.717) is 6.04 Å². The van der Waals surface area contributed by atoms with E-state index in [1.54, 1.807) is 0 Å². The first-order valence-corrected chi connectivity index (χ1v) is 5.21. The van der Waals surface area contributed by atoms with Gasteiger partial charge in [-0.05, 0) is 40.3 Å². The molecular weight excluding hydrogens is 170 g/mol.